The van der Waals surface area contributed by atoms with Crippen LogP contribution in [-0.2, 0) is 30.2 Å². The largest absolute Gasteiger partial charge is 0.486 e. The fourth-order valence-electron chi connectivity index (χ4n) is 5.66. The van der Waals surface area contributed by atoms with Gasteiger partial charge in [-0.25, -0.2) is 14.8 Å². The van der Waals surface area contributed by atoms with Crippen LogP contribution in [0.2, 0.25) is 0 Å². The minimum Gasteiger partial charge on any atom is -0.486 e. The monoisotopic (exact) mass is 673 g/mol. The van der Waals surface area contributed by atoms with Gasteiger partial charge in [0.2, 0.25) is 5.95 Å². The molecule has 0 radical (unpaired) electrons. The van der Waals surface area contributed by atoms with Gasteiger partial charge in [0.1, 0.15) is 6.61 Å². The van der Waals surface area contributed by atoms with E-state index in [1.54, 1.807) is 26.0 Å². The molecule has 48 heavy (non-hydrogen) atoms. The maximum atomic E-state index is 13.8. The van der Waals surface area contributed by atoms with E-state index < -0.39 is 48.2 Å². The van der Waals surface area contributed by atoms with Crippen molar-refractivity contribution in [1.29, 1.82) is 0 Å². The molecule has 0 fully saturated rings. The van der Waals surface area contributed by atoms with Crippen LogP contribution in [0.1, 0.15) is 66.4 Å². The molecule has 4 aromatic rings. The average molecular weight is 674 g/mol. The van der Waals surface area contributed by atoms with Crippen LogP contribution < -0.4 is 14.5 Å². The van der Waals surface area contributed by atoms with E-state index in [9.17, 15) is 31.1 Å². The molecule has 0 unspecified atom stereocenters. The van der Waals surface area contributed by atoms with Gasteiger partial charge in [-0.05, 0) is 68.1 Å². The highest BCUT2D eigenvalue weighted by molar-refractivity contribution is 5.90. The van der Waals surface area contributed by atoms with Crippen molar-refractivity contribution >= 4 is 17.7 Å². The molecule has 0 saturated heterocycles. The number of aromatic nitrogens is 3. The summed E-state index contributed by atoms with van der Waals surface area (Å²) in [6, 6.07) is 13.0. The van der Waals surface area contributed by atoms with Crippen molar-refractivity contribution in [3.63, 3.8) is 0 Å². The first kappa shape index (κ1) is 34.5. The zero-order chi connectivity index (χ0) is 34.6. The summed E-state index contributed by atoms with van der Waals surface area (Å²) in [4.78, 5) is 29.7. The Labute approximate surface area is 273 Å². The first-order chi connectivity index (χ1) is 22.8. The normalized spacial score (nSPS) is 16.3. The number of hydrogen-bond acceptors (Lipinski definition) is 7. The van der Waals surface area contributed by atoms with Crippen LogP contribution in [0.4, 0.5) is 42.8 Å². The van der Waals surface area contributed by atoms with Crippen LogP contribution in [0.25, 0.3) is 0 Å². The molecule has 2 aromatic heterocycles. The molecule has 0 bridgehead atoms. The van der Waals surface area contributed by atoms with Gasteiger partial charge in [0.05, 0.1) is 47.6 Å². The minimum atomic E-state index is -5.03. The number of fused-ring (bicyclic) bond motifs is 1. The van der Waals surface area contributed by atoms with Crippen molar-refractivity contribution in [1.82, 2.24) is 15.0 Å². The molecule has 2 atom stereocenters. The van der Waals surface area contributed by atoms with Crippen LogP contribution in [0.3, 0.4) is 0 Å². The maximum absolute atomic E-state index is 13.8. The summed E-state index contributed by atoms with van der Waals surface area (Å²) < 4.78 is 94.1. The summed E-state index contributed by atoms with van der Waals surface area (Å²) in [5, 5.41) is 0. The van der Waals surface area contributed by atoms with E-state index in [0.717, 1.165) is 5.56 Å². The number of alkyl halides is 6. The maximum Gasteiger partial charge on any atom is 0.416 e. The van der Waals surface area contributed by atoms with E-state index in [-0.39, 0.29) is 37.2 Å². The lowest BCUT2D eigenvalue weighted by atomic mass is 9.91. The van der Waals surface area contributed by atoms with Gasteiger partial charge in [0.25, 0.3) is 0 Å². The molecule has 0 spiro atoms. The Hall–Kier alpha value is -4.88. The quantitative estimate of drug-likeness (QED) is 0.165. The van der Waals surface area contributed by atoms with Crippen molar-refractivity contribution in [2.45, 2.75) is 71.2 Å². The Morgan fingerprint density at radius 2 is 1.56 bits per heavy atom. The predicted octanol–water partition coefficient (Wildman–Crippen LogP) is 8.69. The lowest BCUT2D eigenvalue weighted by Gasteiger charge is -2.43. The third-order valence-electron chi connectivity index (χ3n) is 7.91. The highest BCUT2D eigenvalue weighted by Gasteiger charge is 2.42. The summed E-state index contributed by atoms with van der Waals surface area (Å²) >= 11 is 0. The number of carbonyl (C=O) groups excluding carboxylic acids is 1. The number of anilines is 2. The molecule has 3 heterocycles. The number of aryl methyl sites for hydroxylation is 1. The molecule has 0 N–H and O–H groups in total. The number of carbonyl (C=O) groups is 1. The van der Waals surface area contributed by atoms with Gasteiger partial charge >= 0.3 is 18.4 Å². The topological polar surface area (TPSA) is 80.7 Å². The van der Waals surface area contributed by atoms with E-state index in [2.05, 4.69) is 9.97 Å². The second-order valence-electron chi connectivity index (χ2n) is 11.3. The van der Waals surface area contributed by atoms with Gasteiger partial charge in [-0.3, -0.25) is 9.88 Å². The Kier molecular flexibility index (Phi) is 10.1. The molecule has 0 saturated carbocycles. The molecular weight excluding hydrogens is 640 g/mol. The Morgan fingerprint density at radius 1 is 0.917 bits per heavy atom. The summed E-state index contributed by atoms with van der Waals surface area (Å²) in [7, 11) is 0. The number of halogens is 6. The fraction of sp³-hybridized carbons (Fsp3) is 0.353. The van der Waals surface area contributed by atoms with Crippen molar-refractivity contribution in [3.8, 4) is 5.75 Å². The molecule has 14 heteroatoms. The van der Waals surface area contributed by atoms with Crippen LogP contribution in [-0.4, -0.2) is 33.7 Å². The van der Waals surface area contributed by atoms with Crippen LogP contribution in [0, 0.1) is 6.92 Å². The minimum absolute atomic E-state index is 0.0201. The van der Waals surface area contributed by atoms with Gasteiger partial charge in [0.15, 0.2) is 5.75 Å². The first-order valence-corrected chi connectivity index (χ1v) is 15.3. The molecular formula is C34H33F6N5O3. The summed E-state index contributed by atoms with van der Waals surface area (Å²) in [5.41, 5.74) is -0.864. The van der Waals surface area contributed by atoms with Gasteiger partial charge in [0, 0.05) is 18.3 Å². The summed E-state index contributed by atoms with van der Waals surface area (Å²) in [5.74, 6) is 0.325. The smallest absolute Gasteiger partial charge is 0.416 e. The number of ether oxygens (including phenoxy) is 2. The number of nitrogens with zero attached hydrogens (tertiary/aromatic N) is 5. The lowest BCUT2D eigenvalue weighted by molar-refractivity contribution is -0.143. The molecule has 1 aliphatic heterocycles. The molecule has 0 aliphatic carbocycles. The van der Waals surface area contributed by atoms with Crippen LogP contribution in [0.15, 0.2) is 73.1 Å². The average Bonchev–Trinajstić information content (AvgIpc) is 3.05. The number of pyridine rings is 1. The summed E-state index contributed by atoms with van der Waals surface area (Å²) in [6.07, 6.45) is -7.20. The fourth-order valence-corrected chi connectivity index (χ4v) is 5.66. The van der Waals surface area contributed by atoms with Crippen LogP contribution >= 0.6 is 0 Å². The third-order valence-corrected chi connectivity index (χ3v) is 7.91. The SMILES string of the molecule is CCOC(=O)N1c2ccc(C)nc2[C@@H](N(Cc2cc(C(F)(F)F)cc(C(F)(F)F)c2)c2ncc(OCc3ccccc3)cn2)C[C@H]1CC. The molecule has 1 aliphatic rings. The zero-order valence-electron chi connectivity index (χ0n) is 26.3. The Morgan fingerprint density at radius 3 is 2.15 bits per heavy atom. The van der Waals surface area contributed by atoms with E-state index in [4.69, 9.17) is 14.5 Å². The highest BCUT2D eigenvalue weighted by Crippen LogP contribution is 2.43. The number of benzene rings is 2. The second-order valence-corrected chi connectivity index (χ2v) is 11.3. The summed E-state index contributed by atoms with van der Waals surface area (Å²) in [6.45, 7) is 5.18. The first-order valence-electron chi connectivity index (χ1n) is 15.3. The molecule has 2 aromatic carbocycles. The Bertz CT molecular complexity index is 1690. The van der Waals surface area contributed by atoms with E-state index in [1.807, 2.05) is 37.3 Å². The predicted molar refractivity (Wildman–Crippen MR) is 165 cm³/mol. The van der Waals surface area contributed by atoms with E-state index in [1.165, 1.54) is 22.2 Å². The van der Waals surface area contributed by atoms with E-state index >= 15 is 0 Å². The van der Waals surface area contributed by atoms with Gasteiger partial charge in [-0.15, -0.1) is 0 Å². The number of rotatable bonds is 9. The van der Waals surface area contributed by atoms with Gasteiger partial charge < -0.3 is 14.4 Å². The third kappa shape index (κ3) is 7.80. The van der Waals surface area contributed by atoms with E-state index in [0.29, 0.717) is 41.4 Å². The molecule has 254 valence electrons. The highest BCUT2D eigenvalue weighted by atomic mass is 19.4. The number of hydrogen-bond donors (Lipinski definition) is 0. The van der Waals surface area contributed by atoms with Crippen LogP contribution in [0.5, 0.6) is 5.75 Å². The molecule has 1 amide bonds. The second kappa shape index (κ2) is 14.1. The van der Waals surface area contributed by atoms with Crippen molar-refractivity contribution in [2.75, 3.05) is 16.4 Å². The van der Waals surface area contributed by atoms with Gasteiger partial charge in [-0.2, -0.15) is 26.3 Å². The number of amides is 1. The standard InChI is InChI=1S/C34H33F6N5O3/c1-4-26-16-29(30-28(12-11-21(3)43-30)45(26)32(46)47-5-2)44(19-23-13-24(33(35,36)37)15-25(14-23)34(38,39)40)31-41-17-27(18-42-31)48-20-22-9-7-6-8-10-22/h6-15,17-18,26,29H,4-5,16,19-20H2,1-3H3/t26-,29+/m1/s1. The van der Waals surface area contributed by atoms with Crippen molar-refractivity contribution in [3.05, 3.63) is 107 Å². The van der Waals surface area contributed by atoms with Gasteiger partial charge in [-0.1, -0.05) is 37.3 Å². The zero-order valence-corrected chi connectivity index (χ0v) is 26.3. The molecule has 5 rings (SSSR count). The molecule has 8 nitrogen and oxygen atoms in total. The Balaban J connectivity index is 1.61. The lowest BCUT2D eigenvalue weighted by Crippen LogP contribution is -2.48. The van der Waals surface area contributed by atoms with Crippen molar-refractivity contribution in [2.24, 2.45) is 0 Å². The van der Waals surface area contributed by atoms with Crippen molar-refractivity contribution < 1.29 is 40.6 Å².